The molecule has 1 spiro atoms. The van der Waals surface area contributed by atoms with Crippen LogP contribution in [0, 0.1) is 0 Å². The number of anilines is 3. The molecule has 0 N–H and O–H groups in total. The topological polar surface area (TPSA) is 3.24 Å². The van der Waals surface area contributed by atoms with Crippen molar-refractivity contribution in [3.05, 3.63) is 316 Å². The third-order valence-electron chi connectivity index (χ3n) is 17.0. The first kappa shape index (κ1) is 41.0. The second-order valence-corrected chi connectivity index (χ2v) is 20.6. The number of fused-ring (bicyclic) bond motifs is 16. The number of nitrogens with zero attached hydrogens (tertiary/aromatic N) is 1. The van der Waals surface area contributed by atoms with Crippen molar-refractivity contribution in [2.75, 3.05) is 4.90 Å². The van der Waals surface area contributed by atoms with Gasteiger partial charge >= 0.3 is 0 Å². The maximum Gasteiger partial charge on any atom is 0.0726 e. The Morgan fingerprint density at radius 3 is 1.29 bits per heavy atom. The van der Waals surface area contributed by atoms with E-state index in [0.717, 1.165) is 17.1 Å². The molecule has 0 bridgehead atoms. The number of hydrogen-bond acceptors (Lipinski definition) is 1. The van der Waals surface area contributed by atoms with Gasteiger partial charge in [-0.3, -0.25) is 0 Å². The predicted octanol–water partition coefficient (Wildman–Crippen LogP) is 17.8. The summed E-state index contributed by atoms with van der Waals surface area (Å²) >= 11 is 0. The smallest absolute Gasteiger partial charge is 0.0726 e. The van der Waals surface area contributed by atoms with E-state index >= 15 is 0 Å². The van der Waals surface area contributed by atoms with Gasteiger partial charge in [-0.1, -0.05) is 244 Å². The molecule has 4 aliphatic carbocycles. The highest BCUT2D eigenvalue weighted by molar-refractivity contribution is 6.04. The fraction of sp³-hybridized carbons (Fsp3) is 0.0704. The van der Waals surface area contributed by atoms with Crippen molar-refractivity contribution in [1.29, 1.82) is 0 Å². The van der Waals surface area contributed by atoms with E-state index in [-0.39, 0.29) is 5.41 Å². The lowest BCUT2D eigenvalue weighted by atomic mass is 9.67. The minimum Gasteiger partial charge on any atom is -0.309 e. The average Bonchev–Trinajstić information content (AvgIpc) is 4.11. The van der Waals surface area contributed by atoms with Crippen molar-refractivity contribution >= 4 is 17.1 Å². The molecule has 338 valence electrons. The standard InChI is InChI=1S/C71H49N/c1-69(2)58-34-17-12-32-53(58)57-44-56(46-23-6-3-7-24-46)67(45-64(57)69)72(49-41-42-54-52-31-13-18-35-59(52)70(65(54)43-49,47-25-8-4-9-26-47)48-27-10-5-11-28-48)66-40-22-39-63-68(66)55-33-16-21-38-62(55)71(63)60-36-19-14-29-50(60)51-30-15-20-37-61(51)71/h3-45H,1-2H3. The van der Waals surface area contributed by atoms with Gasteiger partial charge < -0.3 is 4.90 Å². The van der Waals surface area contributed by atoms with Gasteiger partial charge in [-0.25, -0.2) is 0 Å². The van der Waals surface area contributed by atoms with E-state index in [9.17, 15) is 0 Å². The minimum atomic E-state index is -0.577. The van der Waals surface area contributed by atoms with Gasteiger partial charge in [0.1, 0.15) is 0 Å². The summed E-state index contributed by atoms with van der Waals surface area (Å²) in [5.41, 5.74) is 27.9. The summed E-state index contributed by atoms with van der Waals surface area (Å²) in [6.07, 6.45) is 0. The molecule has 0 aliphatic heterocycles. The lowest BCUT2D eigenvalue weighted by molar-refractivity contribution is 0.660. The highest BCUT2D eigenvalue weighted by atomic mass is 15.1. The molecule has 0 fully saturated rings. The predicted molar refractivity (Wildman–Crippen MR) is 298 cm³/mol. The van der Waals surface area contributed by atoms with E-state index in [1.54, 1.807) is 0 Å². The van der Waals surface area contributed by atoms with Crippen molar-refractivity contribution in [3.63, 3.8) is 0 Å². The summed E-state index contributed by atoms with van der Waals surface area (Å²) < 4.78 is 0. The fourth-order valence-electron chi connectivity index (χ4n) is 14.1. The van der Waals surface area contributed by atoms with Crippen molar-refractivity contribution in [1.82, 2.24) is 0 Å². The van der Waals surface area contributed by atoms with Crippen LogP contribution in [-0.4, -0.2) is 0 Å². The fourth-order valence-corrected chi connectivity index (χ4v) is 14.1. The minimum absolute atomic E-state index is 0.233. The normalized spacial score (nSPS) is 14.9. The Morgan fingerprint density at radius 1 is 0.264 bits per heavy atom. The lowest BCUT2D eigenvalue weighted by Gasteiger charge is -2.36. The molecule has 0 unspecified atom stereocenters. The van der Waals surface area contributed by atoms with E-state index in [1.807, 2.05) is 0 Å². The molecule has 11 aromatic rings. The largest absolute Gasteiger partial charge is 0.309 e. The Labute approximate surface area is 422 Å². The monoisotopic (exact) mass is 915 g/mol. The van der Waals surface area contributed by atoms with Crippen LogP contribution in [0.15, 0.2) is 261 Å². The summed E-state index contributed by atoms with van der Waals surface area (Å²) in [5, 5.41) is 0. The van der Waals surface area contributed by atoms with Crippen molar-refractivity contribution in [2.45, 2.75) is 30.1 Å². The third kappa shape index (κ3) is 5.27. The molecule has 1 heteroatoms. The van der Waals surface area contributed by atoms with Gasteiger partial charge in [0.15, 0.2) is 0 Å². The Bertz CT molecular complexity index is 3930. The van der Waals surface area contributed by atoms with Crippen molar-refractivity contribution in [2.24, 2.45) is 0 Å². The van der Waals surface area contributed by atoms with Crippen LogP contribution in [0.4, 0.5) is 17.1 Å². The zero-order valence-corrected chi connectivity index (χ0v) is 40.3. The lowest BCUT2D eigenvalue weighted by Crippen LogP contribution is -2.28. The first-order valence-electron chi connectivity index (χ1n) is 25.4. The Hall–Kier alpha value is -8.78. The second kappa shape index (κ2) is 15.1. The van der Waals surface area contributed by atoms with Crippen LogP contribution in [0.5, 0.6) is 0 Å². The van der Waals surface area contributed by atoms with Gasteiger partial charge in [0, 0.05) is 22.2 Å². The maximum atomic E-state index is 2.65. The van der Waals surface area contributed by atoms with Crippen molar-refractivity contribution < 1.29 is 0 Å². The highest BCUT2D eigenvalue weighted by Crippen LogP contribution is 2.66. The molecule has 15 rings (SSSR count). The summed E-state index contributed by atoms with van der Waals surface area (Å²) in [6, 6.07) is 98.7. The molecule has 0 saturated heterocycles. The van der Waals surface area contributed by atoms with Crippen LogP contribution >= 0.6 is 0 Å². The highest BCUT2D eigenvalue weighted by Gasteiger charge is 2.53. The maximum absolute atomic E-state index is 2.65. The summed E-state index contributed by atoms with van der Waals surface area (Å²) in [6.45, 7) is 4.81. The SMILES string of the molecule is CC1(C)c2ccccc2-c2cc(-c3ccccc3)c(N(c3ccc4c(c3)C(c3ccccc3)(c3ccccc3)c3ccccc3-4)c3cccc4c3-c3ccccc3C43c4ccccc4-c4ccccc43)cc21. The quantitative estimate of drug-likeness (QED) is 0.161. The Kier molecular flexibility index (Phi) is 8.62. The summed E-state index contributed by atoms with van der Waals surface area (Å²) in [5.74, 6) is 0. The van der Waals surface area contributed by atoms with E-state index in [4.69, 9.17) is 0 Å². The number of rotatable bonds is 6. The van der Waals surface area contributed by atoms with E-state index < -0.39 is 10.8 Å². The molecule has 72 heavy (non-hydrogen) atoms. The van der Waals surface area contributed by atoms with Crippen LogP contribution in [0.1, 0.15) is 69.5 Å². The third-order valence-corrected chi connectivity index (χ3v) is 17.0. The molecular formula is C71H49N. The zero-order valence-electron chi connectivity index (χ0n) is 40.3. The Balaban J connectivity index is 1.08. The molecule has 1 nitrogen and oxygen atoms in total. The number of hydrogen-bond donors (Lipinski definition) is 0. The van der Waals surface area contributed by atoms with E-state index in [1.165, 1.54) is 111 Å². The summed E-state index contributed by atoms with van der Waals surface area (Å²) in [4.78, 5) is 2.65. The first-order valence-corrected chi connectivity index (χ1v) is 25.4. The van der Waals surface area contributed by atoms with Crippen LogP contribution in [-0.2, 0) is 16.2 Å². The van der Waals surface area contributed by atoms with Gasteiger partial charge in [-0.15, -0.1) is 0 Å². The molecule has 4 aliphatic rings. The molecule has 0 aromatic heterocycles. The molecule has 0 amide bonds. The van der Waals surface area contributed by atoms with Gasteiger partial charge in [0.2, 0.25) is 0 Å². The Morgan fingerprint density at radius 2 is 0.708 bits per heavy atom. The van der Waals surface area contributed by atoms with Gasteiger partial charge in [-0.05, 0) is 130 Å². The second-order valence-electron chi connectivity index (χ2n) is 20.6. The average molecular weight is 916 g/mol. The van der Waals surface area contributed by atoms with Crippen LogP contribution in [0.2, 0.25) is 0 Å². The van der Waals surface area contributed by atoms with E-state index in [0.29, 0.717) is 0 Å². The molecule has 0 saturated carbocycles. The molecule has 11 aromatic carbocycles. The van der Waals surface area contributed by atoms with Crippen LogP contribution in [0.3, 0.4) is 0 Å². The van der Waals surface area contributed by atoms with E-state index in [2.05, 4.69) is 280 Å². The first-order chi connectivity index (χ1) is 35.5. The van der Waals surface area contributed by atoms with Crippen LogP contribution in [0.25, 0.3) is 55.6 Å². The number of benzene rings is 11. The van der Waals surface area contributed by atoms with Crippen LogP contribution < -0.4 is 4.90 Å². The van der Waals surface area contributed by atoms with Crippen molar-refractivity contribution in [3.8, 4) is 55.6 Å². The molecule has 0 radical (unpaired) electrons. The molecular weight excluding hydrogens is 867 g/mol. The van der Waals surface area contributed by atoms with Gasteiger partial charge in [-0.2, -0.15) is 0 Å². The molecule has 0 atom stereocenters. The summed E-state index contributed by atoms with van der Waals surface area (Å²) in [7, 11) is 0. The van der Waals surface area contributed by atoms with Gasteiger partial charge in [0.25, 0.3) is 0 Å². The van der Waals surface area contributed by atoms with Gasteiger partial charge in [0.05, 0.1) is 22.2 Å². The molecule has 0 heterocycles. The zero-order chi connectivity index (χ0) is 47.8.